The molecule has 3 rings (SSSR count). The van der Waals surface area contributed by atoms with Gasteiger partial charge in [0.2, 0.25) is 0 Å². The Balaban J connectivity index is 2.16. The molecular formula is C21H20N4O4. The van der Waals surface area contributed by atoms with Crippen molar-refractivity contribution in [3.05, 3.63) is 65.5 Å². The van der Waals surface area contributed by atoms with Crippen LogP contribution in [0.2, 0.25) is 0 Å². The van der Waals surface area contributed by atoms with Gasteiger partial charge in [-0.25, -0.2) is 5.01 Å². The van der Waals surface area contributed by atoms with Crippen LogP contribution in [0.5, 0.6) is 0 Å². The van der Waals surface area contributed by atoms with Crippen LogP contribution in [-0.2, 0) is 9.59 Å². The largest absolute Gasteiger partial charge is 0.505 e. The Morgan fingerprint density at radius 3 is 2.62 bits per heavy atom. The summed E-state index contributed by atoms with van der Waals surface area (Å²) in [5.74, 6) is -2.22. The van der Waals surface area contributed by atoms with E-state index in [4.69, 9.17) is 5.11 Å². The van der Waals surface area contributed by atoms with Crippen LogP contribution in [0, 0.1) is 0 Å². The summed E-state index contributed by atoms with van der Waals surface area (Å²) in [6, 6.07) is 11.0. The highest BCUT2D eigenvalue weighted by molar-refractivity contribution is 6.04. The van der Waals surface area contributed by atoms with Gasteiger partial charge in [-0.15, -0.1) is 0 Å². The Labute approximate surface area is 167 Å². The van der Waals surface area contributed by atoms with E-state index >= 15 is 0 Å². The van der Waals surface area contributed by atoms with Gasteiger partial charge in [-0.2, -0.15) is 5.10 Å². The molecule has 1 amide bonds. The monoisotopic (exact) mass is 392 g/mol. The summed E-state index contributed by atoms with van der Waals surface area (Å²) >= 11 is 0. The Morgan fingerprint density at radius 2 is 2.00 bits per heavy atom. The number of aliphatic hydroxyl groups is 1. The molecule has 0 saturated carbocycles. The van der Waals surface area contributed by atoms with Gasteiger partial charge in [0.05, 0.1) is 11.4 Å². The summed E-state index contributed by atoms with van der Waals surface area (Å²) in [5, 5.41) is 27.5. The highest BCUT2D eigenvalue weighted by Crippen LogP contribution is 2.39. The van der Waals surface area contributed by atoms with Crippen molar-refractivity contribution < 1.29 is 19.8 Å². The van der Waals surface area contributed by atoms with E-state index in [0.717, 1.165) is 11.3 Å². The molecule has 3 N–H and O–H groups in total. The van der Waals surface area contributed by atoms with E-state index in [9.17, 15) is 14.7 Å². The maximum absolute atomic E-state index is 12.6. The summed E-state index contributed by atoms with van der Waals surface area (Å²) in [5.41, 5.74) is 3.17. The number of pyridine rings is 1. The smallest absolute Gasteiger partial charge is 0.322 e. The first-order valence-corrected chi connectivity index (χ1v) is 8.92. The maximum Gasteiger partial charge on any atom is 0.322 e. The molecule has 0 saturated heterocycles. The number of aliphatic hydroxyl groups excluding tert-OH is 1. The van der Waals surface area contributed by atoms with Crippen molar-refractivity contribution >= 4 is 29.5 Å². The molecule has 2 heterocycles. The van der Waals surface area contributed by atoms with Crippen LogP contribution in [0.3, 0.4) is 0 Å². The van der Waals surface area contributed by atoms with E-state index in [0.29, 0.717) is 16.8 Å². The second kappa shape index (κ2) is 8.39. The minimum Gasteiger partial charge on any atom is -0.505 e. The van der Waals surface area contributed by atoms with Gasteiger partial charge in [0.15, 0.2) is 11.5 Å². The van der Waals surface area contributed by atoms with Crippen molar-refractivity contribution in [2.24, 2.45) is 5.10 Å². The third kappa shape index (κ3) is 3.86. The first-order chi connectivity index (χ1) is 14.0. The van der Waals surface area contributed by atoms with E-state index in [1.165, 1.54) is 11.2 Å². The van der Waals surface area contributed by atoms with Gasteiger partial charge in [0.1, 0.15) is 6.54 Å². The number of carbonyl (C=O) groups is 2. The molecule has 0 atom stereocenters. The number of hydrazone groups is 1. The molecule has 0 bridgehead atoms. The molecule has 0 fully saturated rings. The molecule has 29 heavy (non-hydrogen) atoms. The van der Waals surface area contributed by atoms with Crippen molar-refractivity contribution in [3.63, 3.8) is 0 Å². The highest BCUT2D eigenvalue weighted by atomic mass is 16.4. The fourth-order valence-electron chi connectivity index (χ4n) is 3.07. The number of nitrogens with one attached hydrogen (secondary N) is 1. The number of carboxylic acids is 1. The first kappa shape index (κ1) is 19.8. The lowest BCUT2D eigenvalue weighted by Gasteiger charge is -2.31. The Bertz CT molecular complexity index is 1040. The van der Waals surface area contributed by atoms with Crippen molar-refractivity contribution in [2.75, 3.05) is 6.54 Å². The minimum absolute atomic E-state index is 0.143. The molecule has 8 heteroatoms. The van der Waals surface area contributed by atoms with E-state index < -0.39 is 18.4 Å². The number of nitrogens with zero attached hydrogens (tertiary/aromatic N) is 3. The Morgan fingerprint density at radius 1 is 1.21 bits per heavy atom. The second-order valence-corrected chi connectivity index (χ2v) is 6.11. The zero-order chi connectivity index (χ0) is 21.0. The molecule has 8 nitrogen and oxygen atoms in total. The molecule has 0 radical (unpaired) electrons. The number of hydrogen-bond donors (Lipinski definition) is 3. The average molecular weight is 392 g/mol. The summed E-state index contributed by atoms with van der Waals surface area (Å²) < 4.78 is 0. The maximum atomic E-state index is 12.6. The summed E-state index contributed by atoms with van der Waals surface area (Å²) in [7, 11) is 0. The first-order valence-electron chi connectivity index (χ1n) is 8.92. The summed E-state index contributed by atoms with van der Waals surface area (Å²) in [6.45, 7) is 2.90. The van der Waals surface area contributed by atoms with Crippen molar-refractivity contribution in [1.29, 1.82) is 0 Å². The Hall–Kier alpha value is -3.94. The SMILES string of the molecule is C/C=N\N1C(C(=O)NCC(=O)O)=C(O)c2ccc(-c3ccccn3)cc2/C1=C\C. The molecule has 2 aromatic rings. The number of hydrogen-bond acceptors (Lipinski definition) is 6. The lowest BCUT2D eigenvalue weighted by atomic mass is 9.93. The number of aromatic nitrogens is 1. The number of aliphatic carboxylic acids is 1. The summed E-state index contributed by atoms with van der Waals surface area (Å²) in [4.78, 5) is 27.8. The normalized spacial score (nSPS) is 15.0. The lowest BCUT2D eigenvalue weighted by Crippen LogP contribution is -2.37. The van der Waals surface area contributed by atoms with Crippen LogP contribution >= 0.6 is 0 Å². The van der Waals surface area contributed by atoms with Crippen molar-refractivity contribution in [3.8, 4) is 11.3 Å². The molecule has 148 valence electrons. The number of carboxylic acid groups (broad SMARTS) is 1. The van der Waals surface area contributed by atoms with Gasteiger partial charge < -0.3 is 15.5 Å². The predicted molar refractivity (Wildman–Crippen MR) is 110 cm³/mol. The third-order valence-corrected chi connectivity index (χ3v) is 4.30. The standard InChI is InChI=1S/C21H20N4O4/c1-3-17-15-11-13(16-7-5-6-10-22-16)8-9-14(15)20(28)19(25(17)24-4-2)21(29)23-12-18(26)27/h3-11,28H,12H2,1-2H3,(H,23,29)(H,26,27)/b17-3+,24-4-. The van der Waals surface area contributed by atoms with Crippen LogP contribution in [0.25, 0.3) is 22.7 Å². The van der Waals surface area contributed by atoms with Gasteiger partial charge in [0, 0.05) is 29.1 Å². The topological polar surface area (TPSA) is 115 Å². The zero-order valence-corrected chi connectivity index (χ0v) is 16.0. The van der Waals surface area contributed by atoms with E-state index in [1.807, 2.05) is 24.3 Å². The predicted octanol–water partition coefficient (Wildman–Crippen LogP) is 2.86. The van der Waals surface area contributed by atoms with E-state index in [2.05, 4.69) is 15.4 Å². The van der Waals surface area contributed by atoms with Crippen LogP contribution in [-0.4, -0.2) is 44.8 Å². The molecule has 1 aliphatic heterocycles. The van der Waals surface area contributed by atoms with Crippen LogP contribution in [0.15, 0.2) is 59.5 Å². The number of rotatable bonds is 5. The minimum atomic E-state index is -1.19. The number of allylic oxidation sites excluding steroid dienone is 1. The third-order valence-electron chi connectivity index (χ3n) is 4.30. The van der Waals surface area contributed by atoms with E-state index in [1.54, 1.807) is 38.3 Å². The number of amides is 1. The molecule has 0 aliphatic carbocycles. The van der Waals surface area contributed by atoms with Gasteiger partial charge in [-0.3, -0.25) is 14.6 Å². The molecule has 1 aromatic carbocycles. The Kier molecular flexibility index (Phi) is 5.73. The molecular weight excluding hydrogens is 372 g/mol. The van der Waals surface area contributed by atoms with Gasteiger partial charge in [0.25, 0.3) is 5.91 Å². The average Bonchev–Trinajstić information content (AvgIpc) is 2.73. The van der Waals surface area contributed by atoms with Crippen molar-refractivity contribution in [2.45, 2.75) is 13.8 Å². The van der Waals surface area contributed by atoms with Gasteiger partial charge in [-0.1, -0.05) is 18.2 Å². The fraction of sp³-hybridized carbons (Fsp3) is 0.143. The van der Waals surface area contributed by atoms with Gasteiger partial charge >= 0.3 is 5.97 Å². The molecule has 0 spiro atoms. The van der Waals surface area contributed by atoms with Crippen LogP contribution < -0.4 is 5.32 Å². The lowest BCUT2D eigenvalue weighted by molar-refractivity contribution is -0.137. The second-order valence-electron chi connectivity index (χ2n) is 6.11. The van der Waals surface area contributed by atoms with Crippen LogP contribution in [0.1, 0.15) is 25.0 Å². The summed E-state index contributed by atoms with van der Waals surface area (Å²) in [6.07, 6.45) is 4.95. The van der Waals surface area contributed by atoms with E-state index in [-0.39, 0.29) is 11.5 Å². The van der Waals surface area contributed by atoms with Crippen LogP contribution in [0.4, 0.5) is 0 Å². The quantitative estimate of drug-likeness (QED) is 0.674. The zero-order valence-electron chi connectivity index (χ0n) is 16.0. The highest BCUT2D eigenvalue weighted by Gasteiger charge is 2.33. The van der Waals surface area contributed by atoms with Crippen molar-refractivity contribution in [1.82, 2.24) is 15.3 Å². The molecule has 0 unspecified atom stereocenters. The van der Waals surface area contributed by atoms with Gasteiger partial charge in [-0.05, 0) is 38.1 Å². The molecule has 1 aliphatic rings. The number of fused-ring (bicyclic) bond motifs is 1. The molecule has 1 aromatic heterocycles. The number of benzene rings is 1. The number of carbonyl (C=O) groups excluding carboxylic acids is 1. The fourth-order valence-corrected chi connectivity index (χ4v) is 3.07.